The molecule has 3 N–H and O–H groups in total. The van der Waals surface area contributed by atoms with Crippen LogP contribution in [-0.2, 0) is 6.42 Å². The van der Waals surface area contributed by atoms with E-state index in [0.717, 1.165) is 35.7 Å². The molecule has 1 aliphatic rings. The van der Waals surface area contributed by atoms with Gasteiger partial charge in [0.05, 0.1) is 19.9 Å². The minimum Gasteiger partial charge on any atom is -0.493 e. The maximum atomic E-state index is 6.33. The van der Waals surface area contributed by atoms with Gasteiger partial charge >= 0.3 is 0 Å². The maximum absolute atomic E-state index is 6.33. The Morgan fingerprint density at radius 2 is 2.00 bits per heavy atom. The van der Waals surface area contributed by atoms with Gasteiger partial charge in [0.2, 0.25) is 0 Å². The van der Waals surface area contributed by atoms with E-state index in [1.54, 1.807) is 14.2 Å². The number of aryl methyl sites for hydroxylation is 1. The lowest BCUT2D eigenvalue weighted by molar-refractivity contribution is 0.353. The average Bonchev–Trinajstić information content (AvgIpc) is 2.88. The second kappa shape index (κ2) is 5.41. The molecule has 0 saturated heterocycles. The van der Waals surface area contributed by atoms with Gasteiger partial charge in [-0.3, -0.25) is 5.10 Å². The van der Waals surface area contributed by atoms with E-state index >= 15 is 0 Å². The number of nitrogens with two attached hydrogens (primary N) is 1. The summed E-state index contributed by atoms with van der Waals surface area (Å²) in [6.45, 7) is 2.03. The molecular weight excluding hydrogens is 266 g/mol. The number of H-pyrrole nitrogens is 1. The summed E-state index contributed by atoms with van der Waals surface area (Å²) in [5, 5.41) is 7.45. The van der Waals surface area contributed by atoms with E-state index < -0.39 is 0 Å². The molecule has 0 saturated carbocycles. The molecule has 112 valence electrons. The third-order valence-corrected chi connectivity index (χ3v) is 4.30. The molecule has 21 heavy (non-hydrogen) atoms. The molecule has 1 heterocycles. The summed E-state index contributed by atoms with van der Waals surface area (Å²) in [6.07, 6.45) is 1.83. The molecule has 2 atom stereocenters. The molecule has 0 spiro atoms. The van der Waals surface area contributed by atoms with Crippen LogP contribution in [0.1, 0.15) is 40.9 Å². The van der Waals surface area contributed by atoms with Crippen LogP contribution in [0.2, 0.25) is 0 Å². The van der Waals surface area contributed by atoms with Crippen LogP contribution in [0.4, 0.5) is 0 Å². The van der Waals surface area contributed by atoms with Crippen LogP contribution in [0, 0.1) is 6.92 Å². The standard InChI is InChI=1S/C16H21N3O2/c1-9-16-12(17)6-11(7-13(16)19-18-9)10-4-5-14(20-2)15(8-10)21-3/h4-5,8,11-12H,6-7,17H2,1-3H3,(H,18,19). The predicted molar refractivity (Wildman–Crippen MR) is 80.9 cm³/mol. The van der Waals surface area contributed by atoms with Gasteiger partial charge in [-0.1, -0.05) is 6.07 Å². The van der Waals surface area contributed by atoms with E-state index in [1.807, 2.05) is 19.1 Å². The summed E-state index contributed by atoms with van der Waals surface area (Å²) in [6, 6.07) is 6.11. The largest absolute Gasteiger partial charge is 0.493 e. The van der Waals surface area contributed by atoms with Gasteiger partial charge in [0.25, 0.3) is 0 Å². The number of nitrogens with zero attached hydrogens (tertiary/aromatic N) is 1. The summed E-state index contributed by atoms with van der Waals surface area (Å²) in [4.78, 5) is 0. The quantitative estimate of drug-likeness (QED) is 0.909. The number of rotatable bonds is 3. The Bertz CT molecular complexity index is 651. The Morgan fingerprint density at radius 1 is 1.24 bits per heavy atom. The molecule has 1 aromatic carbocycles. The van der Waals surface area contributed by atoms with Crippen molar-refractivity contribution >= 4 is 0 Å². The monoisotopic (exact) mass is 287 g/mol. The van der Waals surface area contributed by atoms with E-state index in [-0.39, 0.29) is 6.04 Å². The fourth-order valence-electron chi connectivity index (χ4n) is 3.24. The fourth-order valence-corrected chi connectivity index (χ4v) is 3.24. The van der Waals surface area contributed by atoms with E-state index in [4.69, 9.17) is 15.2 Å². The topological polar surface area (TPSA) is 73.2 Å². The molecule has 2 unspecified atom stereocenters. The Morgan fingerprint density at radius 3 is 2.71 bits per heavy atom. The fraction of sp³-hybridized carbons (Fsp3) is 0.438. The van der Waals surface area contributed by atoms with Gasteiger partial charge in [0.15, 0.2) is 11.5 Å². The number of fused-ring (bicyclic) bond motifs is 1. The highest BCUT2D eigenvalue weighted by Gasteiger charge is 2.29. The first-order valence-electron chi connectivity index (χ1n) is 7.15. The zero-order valence-electron chi connectivity index (χ0n) is 12.6. The molecule has 3 rings (SSSR count). The highest BCUT2D eigenvalue weighted by atomic mass is 16.5. The molecule has 0 bridgehead atoms. The average molecular weight is 287 g/mol. The van der Waals surface area contributed by atoms with Gasteiger partial charge in [-0.2, -0.15) is 5.10 Å². The van der Waals surface area contributed by atoms with Crippen LogP contribution >= 0.6 is 0 Å². The molecule has 5 heteroatoms. The Balaban J connectivity index is 1.92. The molecule has 1 aromatic heterocycles. The molecular formula is C16H21N3O2. The smallest absolute Gasteiger partial charge is 0.160 e. The second-order valence-electron chi connectivity index (χ2n) is 5.57. The highest BCUT2D eigenvalue weighted by Crippen LogP contribution is 2.40. The number of aromatic amines is 1. The molecule has 0 amide bonds. The lowest BCUT2D eigenvalue weighted by Crippen LogP contribution is -2.23. The third kappa shape index (κ3) is 2.38. The minimum absolute atomic E-state index is 0.0330. The number of ether oxygens (including phenoxy) is 2. The van der Waals surface area contributed by atoms with Crippen molar-refractivity contribution in [2.75, 3.05) is 14.2 Å². The van der Waals surface area contributed by atoms with Crippen LogP contribution in [0.25, 0.3) is 0 Å². The van der Waals surface area contributed by atoms with Crippen molar-refractivity contribution in [1.29, 1.82) is 0 Å². The van der Waals surface area contributed by atoms with E-state index in [1.165, 1.54) is 11.1 Å². The van der Waals surface area contributed by atoms with Crippen molar-refractivity contribution in [2.45, 2.75) is 31.7 Å². The molecule has 0 aliphatic heterocycles. The van der Waals surface area contributed by atoms with Crippen LogP contribution < -0.4 is 15.2 Å². The van der Waals surface area contributed by atoms with Crippen LogP contribution in [-0.4, -0.2) is 24.4 Å². The third-order valence-electron chi connectivity index (χ3n) is 4.30. The lowest BCUT2D eigenvalue weighted by Gasteiger charge is -2.27. The van der Waals surface area contributed by atoms with Crippen LogP contribution in [0.5, 0.6) is 11.5 Å². The SMILES string of the molecule is COc1ccc(C2Cc3n[nH]c(C)c3C(N)C2)cc1OC. The van der Waals surface area contributed by atoms with Gasteiger partial charge in [-0.25, -0.2) is 0 Å². The van der Waals surface area contributed by atoms with Crippen molar-refractivity contribution < 1.29 is 9.47 Å². The van der Waals surface area contributed by atoms with Crippen LogP contribution in [0.3, 0.4) is 0 Å². The molecule has 1 aliphatic carbocycles. The number of aromatic nitrogens is 2. The van der Waals surface area contributed by atoms with Gasteiger partial charge < -0.3 is 15.2 Å². The summed E-state index contributed by atoms with van der Waals surface area (Å²) < 4.78 is 10.7. The Labute approximate surface area is 124 Å². The van der Waals surface area contributed by atoms with Crippen molar-refractivity contribution in [3.63, 3.8) is 0 Å². The van der Waals surface area contributed by atoms with Crippen molar-refractivity contribution in [1.82, 2.24) is 10.2 Å². The van der Waals surface area contributed by atoms with Gasteiger partial charge in [-0.15, -0.1) is 0 Å². The zero-order valence-corrected chi connectivity index (χ0v) is 12.6. The van der Waals surface area contributed by atoms with Gasteiger partial charge in [0.1, 0.15) is 0 Å². The van der Waals surface area contributed by atoms with Crippen molar-refractivity contribution in [3.8, 4) is 11.5 Å². The Kier molecular flexibility index (Phi) is 3.59. The number of hydrogen-bond acceptors (Lipinski definition) is 4. The normalized spacial score (nSPS) is 21.0. The van der Waals surface area contributed by atoms with E-state index in [2.05, 4.69) is 16.3 Å². The predicted octanol–water partition coefficient (Wildman–Crippen LogP) is 2.47. The number of benzene rings is 1. The molecule has 5 nitrogen and oxygen atoms in total. The Hall–Kier alpha value is -2.01. The van der Waals surface area contributed by atoms with Gasteiger partial charge in [-0.05, 0) is 43.4 Å². The van der Waals surface area contributed by atoms with Gasteiger partial charge in [0, 0.05) is 17.3 Å². The number of hydrogen-bond donors (Lipinski definition) is 2. The first-order chi connectivity index (χ1) is 10.1. The molecule has 0 radical (unpaired) electrons. The molecule has 2 aromatic rings. The summed E-state index contributed by atoms with van der Waals surface area (Å²) >= 11 is 0. The summed E-state index contributed by atoms with van der Waals surface area (Å²) in [5.41, 5.74) is 10.9. The lowest BCUT2D eigenvalue weighted by atomic mass is 9.80. The summed E-state index contributed by atoms with van der Waals surface area (Å²) in [5.74, 6) is 1.86. The van der Waals surface area contributed by atoms with Crippen LogP contribution in [0.15, 0.2) is 18.2 Å². The summed E-state index contributed by atoms with van der Waals surface area (Å²) in [7, 11) is 3.30. The number of methoxy groups -OCH3 is 2. The van der Waals surface area contributed by atoms with E-state index in [9.17, 15) is 0 Å². The van der Waals surface area contributed by atoms with Crippen molar-refractivity contribution in [3.05, 3.63) is 40.7 Å². The minimum atomic E-state index is 0.0330. The first kappa shape index (κ1) is 13.9. The molecule has 0 fully saturated rings. The second-order valence-corrected chi connectivity index (χ2v) is 5.57. The number of nitrogens with one attached hydrogen (secondary N) is 1. The zero-order chi connectivity index (χ0) is 15.0. The van der Waals surface area contributed by atoms with E-state index in [0.29, 0.717) is 5.92 Å². The first-order valence-corrected chi connectivity index (χ1v) is 7.15. The van der Waals surface area contributed by atoms with Crippen molar-refractivity contribution in [2.24, 2.45) is 5.73 Å². The maximum Gasteiger partial charge on any atom is 0.160 e. The highest BCUT2D eigenvalue weighted by molar-refractivity contribution is 5.45.